The number of hydrogen-bond acceptors (Lipinski definition) is 4. The van der Waals surface area contributed by atoms with Gasteiger partial charge in [0.15, 0.2) is 0 Å². The maximum atomic E-state index is 13.3. The Balaban J connectivity index is 1.40. The highest BCUT2D eigenvalue weighted by atomic mass is 32.2. The Hall–Kier alpha value is -3.94. The monoisotopic (exact) mass is 500 g/mol. The predicted molar refractivity (Wildman–Crippen MR) is 141 cm³/mol. The molecule has 0 aliphatic heterocycles. The van der Waals surface area contributed by atoms with Gasteiger partial charge in [-0.2, -0.15) is 4.31 Å². The Bertz CT molecular complexity index is 1350. The molecule has 6 nitrogen and oxygen atoms in total. The zero-order chi connectivity index (χ0) is 25.2. The van der Waals surface area contributed by atoms with Gasteiger partial charge in [-0.05, 0) is 53.9 Å². The molecule has 0 fully saturated rings. The fourth-order valence-corrected chi connectivity index (χ4v) is 5.08. The van der Waals surface area contributed by atoms with Crippen LogP contribution in [0.3, 0.4) is 0 Å². The Kier molecular flexibility index (Phi) is 8.49. The molecule has 0 unspecified atom stereocenters. The van der Waals surface area contributed by atoms with Crippen LogP contribution < -0.4 is 10.1 Å². The van der Waals surface area contributed by atoms with E-state index in [1.54, 1.807) is 42.5 Å². The predicted octanol–water partition coefficient (Wildman–Crippen LogP) is 5.14. The van der Waals surface area contributed by atoms with Gasteiger partial charge in [0.25, 0.3) is 0 Å². The van der Waals surface area contributed by atoms with E-state index in [9.17, 15) is 13.2 Å². The van der Waals surface area contributed by atoms with E-state index in [1.807, 2.05) is 60.7 Å². The summed E-state index contributed by atoms with van der Waals surface area (Å²) in [5.41, 5.74) is 2.62. The number of anilines is 1. The van der Waals surface area contributed by atoms with Gasteiger partial charge >= 0.3 is 0 Å². The first-order valence-corrected chi connectivity index (χ1v) is 13.1. The molecular weight excluding hydrogens is 472 g/mol. The molecular formula is C29H28N2O4S. The van der Waals surface area contributed by atoms with Crippen molar-refractivity contribution in [3.8, 4) is 5.75 Å². The number of ether oxygens (including phenoxy) is 1. The average Bonchev–Trinajstić information content (AvgIpc) is 2.92. The smallest absolute Gasteiger partial charge is 0.243 e. The molecule has 4 aromatic rings. The zero-order valence-corrected chi connectivity index (χ0v) is 20.6. The van der Waals surface area contributed by atoms with Crippen LogP contribution in [-0.4, -0.2) is 31.7 Å². The van der Waals surface area contributed by atoms with Crippen molar-refractivity contribution < 1.29 is 17.9 Å². The topological polar surface area (TPSA) is 75.7 Å². The lowest BCUT2D eigenvalue weighted by molar-refractivity contribution is -0.116. The lowest BCUT2D eigenvalue weighted by Gasteiger charge is -2.22. The Labute approximate surface area is 212 Å². The second-order valence-electron chi connectivity index (χ2n) is 8.23. The molecule has 0 bridgehead atoms. The van der Waals surface area contributed by atoms with Crippen molar-refractivity contribution in [3.05, 3.63) is 126 Å². The van der Waals surface area contributed by atoms with E-state index in [0.29, 0.717) is 24.5 Å². The summed E-state index contributed by atoms with van der Waals surface area (Å²) in [5, 5.41) is 2.79. The van der Waals surface area contributed by atoms with Crippen molar-refractivity contribution in [2.24, 2.45) is 0 Å². The van der Waals surface area contributed by atoms with Crippen molar-refractivity contribution in [1.29, 1.82) is 0 Å². The molecule has 1 amide bonds. The maximum Gasteiger partial charge on any atom is 0.243 e. The minimum Gasteiger partial charge on any atom is -0.489 e. The summed E-state index contributed by atoms with van der Waals surface area (Å²) in [6.07, 6.45) is 0.494. The minimum atomic E-state index is -3.85. The third-order valence-corrected chi connectivity index (χ3v) is 7.44. The van der Waals surface area contributed by atoms with Gasteiger partial charge in [-0.1, -0.05) is 78.9 Å². The van der Waals surface area contributed by atoms with Crippen molar-refractivity contribution in [3.63, 3.8) is 0 Å². The third-order valence-electron chi connectivity index (χ3n) is 5.58. The Morgan fingerprint density at radius 1 is 0.722 bits per heavy atom. The fraction of sp³-hybridized carbons (Fsp3) is 0.138. The van der Waals surface area contributed by atoms with Gasteiger partial charge in [0.05, 0.1) is 11.4 Å². The van der Waals surface area contributed by atoms with Crippen LogP contribution in [0.2, 0.25) is 0 Å². The van der Waals surface area contributed by atoms with Gasteiger partial charge in [-0.25, -0.2) is 8.42 Å². The highest BCUT2D eigenvalue weighted by Crippen LogP contribution is 2.19. The number of nitrogens with one attached hydrogen (secondary N) is 1. The van der Waals surface area contributed by atoms with Crippen LogP contribution in [0.1, 0.15) is 11.1 Å². The SMILES string of the molecule is O=C(CN(CCc1ccccc1)S(=O)(=O)c1ccccc1)Nc1ccc(OCc2ccccc2)cc1. The van der Waals surface area contributed by atoms with Crippen LogP contribution in [-0.2, 0) is 27.8 Å². The fourth-order valence-electron chi connectivity index (χ4n) is 3.66. The maximum absolute atomic E-state index is 13.3. The first-order valence-electron chi connectivity index (χ1n) is 11.7. The lowest BCUT2D eigenvalue weighted by atomic mass is 10.1. The first kappa shape index (κ1) is 25.2. The van der Waals surface area contributed by atoms with Gasteiger partial charge in [-0.15, -0.1) is 0 Å². The number of nitrogens with zero attached hydrogens (tertiary/aromatic N) is 1. The van der Waals surface area contributed by atoms with Crippen LogP contribution in [0, 0.1) is 0 Å². The molecule has 0 aliphatic carbocycles. The van der Waals surface area contributed by atoms with E-state index >= 15 is 0 Å². The average molecular weight is 501 g/mol. The number of hydrogen-bond donors (Lipinski definition) is 1. The summed E-state index contributed by atoms with van der Waals surface area (Å²) in [4.78, 5) is 13.0. The number of carbonyl (C=O) groups is 1. The van der Waals surface area contributed by atoms with Gasteiger partial charge in [-0.3, -0.25) is 4.79 Å². The van der Waals surface area contributed by atoms with E-state index in [2.05, 4.69) is 5.32 Å². The first-order chi connectivity index (χ1) is 17.5. The number of sulfonamides is 1. The third kappa shape index (κ3) is 7.04. The second kappa shape index (κ2) is 12.2. The van der Waals surface area contributed by atoms with Crippen LogP contribution in [0.5, 0.6) is 5.75 Å². The molecule has 0 atom stereocenters. The second-order valence-corrected chi connectivity index (χ2v) is 10.2. The minimum absolute atomic E-state index is 0.158. The van der Waals surface area contributed by atoms with E-state index < -0.39 is 15.9 Å². The van der Waals surface area contributed by atoms with Crippen molar-refractivity contribution >= 4 is 21.6 Å². The molecule has 184 valence electrons. The quantitative estimate of drug-likeness (QED) is 0.310. The van der Waals surface area contributed by atoms with E-state index in [0.717, 1.165) is 11.1 Å². The summed E-state index contributed by atoms with van der Waals surface area (Å²) in [6.45, 7) is 0.331. The number of benzene rings is 4. The standard InChI is InChI=1S/C29H28N2O4S/c32-29(30-26-16-18-27(19-17-26)35-23-25-12-6-2-7-13-25)22-31(21-20-24-10-4-1-5-11-24)36(33,34)28-14-8-3-9-15-28/h1-19H,20-23H2,(H,30,32). The van der Waals surface area contributed by atoms with Crippen LogP contribution >= 0.6 is 0 Å². The summed E-state index contributed by atoms with van der Waals surface area (Å²) in [5.74, 6) is 0.258. The van der Waals surface area contributed by atoms with Gasteiger partial charge in [0, 0.05) is 12.2 Å². The summed E-state index contributed by atoms with van der Waals surface area (Å²) < 4.78 is 33.6. The number of rotatable bonds is 11. The van der Waals surface area contributed by atoms with E-state index in [4.69, 9.17) is 4.74 Å². The molecule has 7 heteroatoms. The van der Waals surface area contributed by atoms with Gasteiger partial charge in [0.1, 0.15) is 12.4 Å². The molecule has 0 aliphatic rings. The normalized spacial score (nSPS) is 11.2. The van der Waals surface area contributed by atoms with Gasteiger partial charge < -0.3 is 10.1 Å². The Morgan fingerprint density at radius 2 is 1.28 bits per heavy atom. The number of amides is 1. The summed E-state index contributed by atoms with van der Waals surface area (Å²) in [6, 6.07) is 34.6. The molecule has 4 rings (SSSR count). The summed E-state index contributed by atoms with van der Waals surface area (Å²) >= 11 is 0. The van der Waals surface area contributed by atoms with Crippen molar-refractivity contribution in [1.82, 2.24) is 4.31 Å². The number of carbonyl (C=O) groups excluding carboxylic acids is 1. The van der Waals surface area contributed by atoms with Crippen LogP contribution in [0.4, 0.5) is 5.69 Å². The zero-order valence-electron chi connectivity index (χ0n) is 19.8. The molecule has 0 saturated carbocycles. The molecule has 0 heterocycles. The molecule has 0 radical (unpaired) electrons. The molecule has 4 aromatic carbocycles. The highest BCUT2D eigenvalue weighted by molar-refractivity contribution is 7.89. The summed E-state index contributed by atoms with van der Waals surface area (Å²) in [7, 11) is -3.85. The van der Waals surface area contributed by atoms with E-state index in [1.165, 1.54) is 16.4 Å². The van der Waals surface area contributed by atoms with E-state index in [-0.39, 0.29) is 18.0 Å². The largest absolute Gasteiger partial charge is 0.489 e. The molecule has 0 aromatic heterocycles. The van der Waals surface area contributed by atoms with Crippen molar-refractivity contribution in [2.75, 3.05) is 18.4 Å². The van der Waals surface area contributed by atoms with Gasteiger partial charge in [0.2, 0.25) is 15.9 Å². The Morgan fingerprint density at radius 3 is 1.89 bits per heavy atom. The molecule has 0 spiro atoms. The van der Waals surface area contributed by atoms with Crippen molar-refractivity contribution in [2.45, 2.75) is 17.9 Å². The lowest BCUT2D eigenvalue weighted by Crippen LogP contribution is -2.39. The molecule has 0 saturated heterocycles. The molecule has 1 N–H and O–H groups in total. The molecule has 36 heavy (non-hydrogen) atoms. The van der Waals surface area contributed by atoms with Crippen LogP contribution in [0.15, 0.2) is 120 Å². The van der Waals surface area contributed by atoms with Crippen LogP contribution in [0.25, 0.3) is 0 Å². The highest BCUT2D eigenvalue weighted by Gasteiger charge is 2.26.